The third-order valence-electron chi connectivity index (χ3n) is 2.56. The van der Waals surface area contributed by atoms with Crippen molar-refractivity contribution >= 4 is 21.8 Å². The molecule has 0 aromatic heterocycles. The van der Waals surface area contributed by atoms with Gasteiger partial charge in [0.1, 0.15) is 0 Å². The molecule has 88 valence electrons. The van der Waals surface area contributed by atoms with E-state index in [-0.39, 0.29) is 18.0 Å². The van der Waals surface area contributed by atoms with Crippen molar-refractivity contribution in [1.82, 2.24) is 10.6 Å². The predicted molar refractivity (Wildman–Crippen MR) is 69.2 cm³/mol. The number of carbonyl (C=O) groups excluding carboxylic acids is 1. The van der Waals surface area contributed by atoms with Crippen molar-refractivity contribution in [2.75, 3.05) is 7.05 Å². The Kier molecular flexibility index (Phi) is 4.96. The number of benzene rings is 1. The van der Waals surface area contributed by atoms with Crippen LogP contribution in [0.3, 0.4) is 0 Å². The molecule has 1 unspecified atom stereocenters. The maximum atomic E-state index is 11.6. The van der Waals surface area contributed by atoms with Gasteiger partial charge in [-0.3, -0.25) is 4.79 Å². The Morgan fingerprint density at radius 1 is 1.25 bits per heavy atom. The summed E-state index contributed by atoms with van der Waals surface area (Å²) in [7, 11) is 1.77. The Bertz CT molecular complexity index is 351. The van der Waals surface area contributed by atoms with Crippen LogP contribution in [0.4, 0.5) is 0 Å². The van der Waals surface area contributed by atoms with E-state index in [0.717, 1.165) is 10.0 Å². The van der Waals surface area contributed by atoms with Gasteiger partial charge >= 0.3 is 0 Å². The molecule has 4 heteroatoms. The molecule has 0 radical (unpaired) electrons. The zero-order chi connectivity index (χ0) is 12.1. The van der Waals surface area contributed by atoms with Crippen molar-refractivity contribution in [2.45, 2.75) is 25.9 Å². The van der Waals surface area contributed by atoms with Crippen molar-refractivity contribution in [2.24, 2.45) is 0 Å². The van der Waals surface area contributed by atoms with Gasteiger partial charge in [0.25, 0.3) is 0 Å². The molecule has 0 saturated heterocycles. The lowest BCUT2D eigenvalue weighted by atomic mass is 10.1. The lowest BCUT2D eigenvalue weighted by Gasteiger charge is -2.17. The van der Waals surface area contributed by atoms with Gasteiger partial charge in [0, 0.05) is 4.47 Å². The number of hydrogen-bond donors (Lipinski definition) is 2. The van der Waals surface area contributed by atoms with E-state index in [1.807, 2.05) is 38.1 Å². The topological polar surface area (TPSA) is 41.1 Å². The third kappa shape index (κ3) is 3.61. The van der Waals surface area contributed by atoms with Crippen LogP contribution < -0.4 is 10.6 Å². The number of carbonyl (C=O) groups is 1. The minimum Gasteiger partial charge on any atom is -0.348 e. The van der Waals surface area contributed by atoms with Gasteiger partial charge in [0.15, 0.2) is 0 Å². The lowest BCUT2D eigenvalue weighted by Crippen LogP contribution is -2.41. The standard InChI is InChI=1S/C12H17BrN2O/c1-8(15-12(16)9(2)14-3)10-4-6-11(13)7-5-10/h4-9,14H,1-3H3,(H,15,16)/t8-,9?/m1/s1. The van der Waals surface area contributed by atoms with Crippen LogP contribution in [0.15, 0.2) is 28.7 Å². The number of nitrogens with one attached hydrogen (secondary N) is 2. The Labute approximate surface area is 105 Å². The second kappa shape index (κ2) is 6.01. The lowest BCUT2D eigenvalue weighted by molar-refractivity contribution is -0.123. The second-order valence-electron chi connectivity index (χ2n) is 3.79. The number of likely N-dealkylation sites (N-methyl/N-ethyl adjacent to an activating group) is 1. The molecule has 16 heavy (non-hydrogen) atoms. The fraction of sp³-hybridized carbons (Fsp3) is 0.417. The van der Waals surface area contributed by atoms with Gasteiger partial charge in [-0.2, -0.15) is 0 Å². The number of halogens is 1. The molecule has 1 amide bonds. The van der Waals surface area contributed by atoms with Crippen molar-refractivity contribution in [1.29, 1.82) is 0 Å². The van der Waals surface area contributed by atoms with Crippen LogP contribution in [-0.2, 0) is 4.79 Å². The largest absolute Gasteiger partial charge is 0.348 e. The highest BCUT2D eigenvalue weighted by molar-refractivity contribution is 9.10. The molecule has 0 aliphatic carbocycles. The van der Waals surface area contributed by atoms with Gasteiger partial charge in [-0.05, 0) is 38.6 Å². The maximum Gasteiger partial charge on any atom is 0.237 e. The average Bonchev–Trinajstić information content (AvgIpc) is 2.28. The first-order valence-electron chi connectivity index (χ1n) is 5.27. The van der Waals surface area contributed by atoms with E-state index < -0.39 is 0 Å². The Morgan fingerprint density at radius 2 is 1.81 bits per heavy atom. The van der Waals surface area contributed by atoms with E-state index in [1.165, 1.54) is 0 Å². The van der Waals surface area contributed by atoms with Crippen molar-refractivity contribution in [3.63, 3.8) is 0 Å². The number of amides is 1. The molecule has 1 aromatic rings. The molecule has 1 aromatic carbocycles. The van der Waals surface area contributed by atoms with Crippen LogP contribution in [0.1, 0.15) is 25.5 Å². The first-order chi connectivity index (χ1) is 7.54. The first kappa shape index (κ1) is 13.2. The van der Waals surface area contributed by atoms with Crippen LogP contribution in [0.5, 0.6) is 0 Å². The smallest absolute Gasteiger partial charge is 0.237 e. The second-order valence-corrected chi connectivity index (χ2v) is 4.71. The summed E-state index contributed by atoms with van der Waals surface area (Å²) >= 11 is 3.38. The maximum absolute atomic E-state index is 11.6. The van der Waals surface area contributed by atoms with Crippen LogP contribution in [0.2, 0.25) is 0 Å². The van der Waals surface area contributed by atoms with E-state index in [9.17, 15) is 4.79 Å². The summed E-state index contributed by atoms with van der Waals surface area (Å²) in [6.45, 7) is 3.81. The molecule has 0 aliphatic heterocycles. The van der Waals surface area contributed by atoms with Crippen molar-refractivity contribution < 1.29 is 4.79 Å². The van der Waals surface area contributed by atoms with E-state index in [0.29, 0.717) is 0 Å². The molecule has 0 heterocycles. The highest BCUT2D eigenvalue weighted by Gasteiger charge is 2.13. The Morgan fingerprint density at radius 3 is 2.31 bits per heavy atom. The Hall–Kier alpha value is -0.870. The summed E-state index contributed by atoms with van der Waals surface area (Å²) < 4.78 is 1.04. The van der Waals surface area contributed by atoms with E-state index in [2.05, 4.69) is 26.6 Å². The quantitative estimate of drug-likeness (QED) is 0.890. The highest BCUT2D eigenvalue weighted by Crippen LogP contribution is 2.16. The zero-order valence-electron chi connectivity index (χ0n) is 9.75. The fourth-order valence-electron chi connectivity index (χ4n) is 1.30. The van der Waals surface area contributed by atoms with Crippen molar-refractivity contribution in [3.05, 3.63) is 34.3 Å². The minimum absolute atomic E-state index is 0.0120. The van der Waals surface area contributed by atoms with E-state index in [4.69, 9.17) is 0 Å². The third-order valence-corrected chi connectivity index (χ3v) is 3.08. The first-order valence-corrected chi connectivity index (χ1v) is 6.07. The fourth-order valence-corrected chi connectivity index (χ4v) is 1.57. The van der Waals surface area contributed by atoms with Crippen LogP contribution in [0.25, 0.3) is 0 Å². The summed E-state index contributed by atoms with van der Waals surface area (Å²) in [5.74, 6) is 0.0120. The van der Waals surface area contributed by atoms with Gasteiger partial charge in [-0.1, -0.05) is 28.1 Å². The van der Waals surface area contributed by atoms with Gasteiger partial charge in [0.05, 0.1) is 12.1 Å². The van der Waals surface area contributed by atoms with E-state index in [1.54, 1.807) is 7.05 Å². The summed E-state index contributed by atoms with van der Waals surface area (Å²) in [4.78, 5) is 11.6. The van der Waals surface area contributed by atoms with Crippen molar-refractivity contribution in [3.8, 4) is 0 Å². The van der Waals surface area contributed by atoms with Gasteiger partial charge in [-0.15, -0.1) is 0 Å². The molecule has 0 fully saturated rings. The predicted octanol–water partition coefficient (Wildman–Crippen LogP) is 2.23. The summed E-state index contributed by atoms with van der Waals surface area (Å²) in [5.41, 5.74) is 1.10. The monoisotopic (exact) mass is 284 g/mol. The molecule has 2 N–H and O–H groups in total. The summed E-state index contributed by atoms with van der Waals surface area (Å²) in [5, 5.41) is 5.86. The molecule has 3 nitrogen and oxygen atoms in total. The van der Waals surface area contributed by atoms with Crippen LogP contribution in [-0.4, -0.2) is 19.0 Å². The molecular weight excluding hydrogens is 268 g/mol. The van der Waals surface area contributed by atoms with Crippen LogP contribution >= 0.6 is 15.9 Å². The summed E-state index contributed by atoms with van der Waals surface area (Å²) in [6.07, 6.45) is 0. The number of rotatable bonds is 4. The zero-order valence-corrected chi connectivity index (χ0v) is 11.3. The number of hydrogen-bond acceptors (Lipinski definition) is 2. The molecule has 2 atom stereocenters. The molecule has 0 bridgehead atoms. The Balaban J connectivity index is 2.62. The molecule has 1 rings (SSSR count). The van der Waals surface area contributed by atoms with Crippen LogP contribution in [0, 0.1) is 0 Å². The SMILES string of the molecule is CNC(C)C(=O)N[C@H](C)c1ccc(Br)cc1. The van der Waals surface area contributed by atoms with Gasteiger partial charge < -0.3 is 10.6 Å². The van der Waals surface area contributed by atoms with Gasteiger partial charge in [0.2, 0.25) is 5.91 Å². The minimum atomic E-state index is -0.169. The molecule has 0 aliphatic rings. The van der Waals surface area contributed by atoms with E-state index >= 15 is 0 Å². The molecule has 0 spiro atoms. The average molecular weight is 285 g/mol. The highest BCUT2D eigenvalue weighted by atomic mass is 79.9. The molecule has 0 saturated carbocycles. The van der Waals surface area contributed by atoms with Gasteiger partial charge in [-0.25, -0.2) is 0 Å². The summed E-state index contributed by atoms with van der Waals surface area (Å²) in [6, 6.07) is 7.80. The normalized spacial score (nSPS) is 14.2. The molecular formula is C12H17BrN2O.